The Hall–Kier alpha value is -2.09. The van der Waals surface area contributed by atoms with Crippen LogP contribution >= 0.6 is 11.6 Å². The fraction of sp³-hybridized carbons (Fsp3) is 0.500. The lowest BCUT2D eigenvalue weighted by Crippen LogP contribution is -2.49. The molecule has 5 nitrogen and oxygen atoms in total. The number of piperidine rings is 1. The minimum absolute atomic E-state index is 0.0365. The molecule has 2 aromatic rings. The zero-order chi connectivity index (χ0) is 19.2. The molecule has 2 aromatic heterocycles. The number of hydrogen-bond acceptors (Lipinski definition) is 5. The molecule has 4 rings (SSSR count). The molecule has 0 saturated carbocycles. The molecule has 27 heavy (non-hydrogen) atoms. The molecule has 0 radical (unpaired) electrons. The predicted molar refractivity (Wildman–Crippen MR) is 97.1 cm³/mol. The Balaban J connectivity index is 1.58. The molecule has 2 atom stereocenters. The first kappa shape index (κ1) is 18.3. The van der Waals surface area contributed by atoms with Crippen LogP contribution < -0.4 is 9.80 Å². The fourth-order valence-electron chi connectivity index (χ4n) is 3.97. The van der Waals surface area contributed by atoms with Gasteiger partial charge in [0.25, 0.3) is 0 Å². The van der Waals surface area contributed by atoms with Gasteiger partial charge in [0, 0.05) is 37.7 Å². The standard InChI is InChI=1S/C18H19ClF3N5/c1-11-2-5-23-17(25-11)26-6-3-12-4-7-27(15(12)10-26)16-14(19)8-13(9-24-16)18(20,21)22/h2,5,8-9,12,15H,3-4,6-7,10H2,1H3. The maximum Gasteiger partial charge on any atom is 0.417 e. The topological polar surface area (TPSA) is 45.2 Å². The van der Waals surface area contributed by atoms with E-state index in [-0.39, 0.29) is 11.1 Å². The quantitative estimate of drug-likeness (QED) is 0.767. The smallest absolute Gasteiger partial charge is 0.350 e. The lowest BCUT2D eigenvalue weighted by Gasteiger charge is -2.39. The Morgan fingerprint density at radius 3 is 2.67 bits per heavy atom. The van der Waals surface area contributed by atoms with Crippen molar-refractivity contribution in [3.8, 4) is 0 Å². The van der Waals surface area contributed by atoms with E-state index in [1.165, 1.54) is 0 Å². The number of fused-ring (bicyclic) bond motifs is 1. The molecule has 2 unspecified atom stereocenters. The second-order valence-corrected chi connectivity index (χ2v) is 7.48. The molecule has 2 saturated heterocycles. The van der Waals surface area contributed by atoms with Gasteiger partial charge in [0.15, 0.2) is 0 Å². The lowest BCUT2D eigenvalue weighted by atomic mass is 9.92. The number of hydrogen-bond donors (Lipinski definition) is 0. The number of nitrogens with zero attached hydrogens (tertiary/aromatic N) is 5. The molecule has 2 aliphatic heterocycles. The average Bonchev–Trinajstić information content (AvgIpc) is 3.04. The predicted octanol–water partition coefficient (Wildman–Crippen LogP) is 3.96. The van der Waals surface area contributed by atoms with Crippen LogP contribution in [0.5, 0.6) is 0 Å². The van der Waals surface area contributed by atoms with Crippen molar-refractivity contribution in [2.75, 3.05) is 29.4 Å². The third kappa shape index (κ3) is 3.54. The monoisotopic (exact) mass is 397 g/mol. The molecule has 0 spiro atoms. The molecule has 0 amide bonds. The average molecular weight is 398 g/mol. The van der Waals surface area contributed by atoms with Crippen LogP contribution in [0, 0.1) is 12.8 Å². The minimum atomic E-state index is -4.45. The van der Waals surface area contributed by atoms with E-state index in [0.29, 0.717) is 24.2 Å². The van der Waals surface area contributed by atoms with Crippen molar-refractivity contribution < 1.29 is 13.2 Å². The number of aryl methyl sites for hydroxylation is 1. The molecule has 144 valence electrons. The highest BCUT2D eigenvalue weighted by Gasteiger charge is 2.41. The first-order chi connectivity index (χ1) is 12.8. The molecule has 0 N–H and O–H groups in total. The van der Waals surface area contributed by atoms with Crippen molar-refractivity contribution in [1.29, 1.82) is 0 Å². The molecular weight excluding hydrogens is 379 g/mol. The van der Waals surface area contributed by atoms with Gasteiger partial charge in [0.1, 0.15) is 5.82 Å². The van der Waals surface area contributed by atoms with Gasteiger partial charge in [-0.2, -0.15) is 13.2 Å². The van der Waals surface area contributed by atoms with Crippen molar-refractivity contribution in [2.45, 2.75) is 32.0 Å². The highest BCUT2D eigenvalue weighted by Crippen LogP contribution is 2.39. The molecule has 9 heteroatoms. The summed E-state index contributed by atoms with van der Waals surface area (Å²) < 4.78 is 38.7. The highest BCUT2D eigenvalue weighted by atomic mass is 35.5. The van der Waals surface area contributed by atoms with Gasteiger partial charge >= 0.3 is 6.18 Å². The van der Waals surface area contributed by atoms with E-state index in [1.807, 2.05) is 17.9 Å². The maximum absolute atomic E-state index is 12.9. The fourth-order valence-corrected chi connectivity index (χ4v) is 4.25. The first-order valence-electron chi connectivity index (χ1n) is 8.87. The van der Waals surface area contributed by atoms with Gasteiger partial charge in [-0.15, -0.1) is 0 Å². The van der Waals surface area contributed by atoms with Gasteiger partial charge in [-0.05, 0) is 37.8 Å². The number of pyridine rings is 1. The first-order valence-corrected chi connectivity index (χ1v) is 9.24. The number of halogens is 4. The summed E-state index contributed by atoms with van der Waals surface area (Å²) in [6, 6.07) is 2.94. The Labute approximate surface area is 160 Å². The van der Waals surface area contributed by atoms with Crippen LogP contribution in [0.1, 0.15) is 24.1 Å². The molecule has 0 aliphatic carbocycles. The van der Waals surface area contributed by atoms with Crippen LogP contribution in [0.3, 0.4) is 0 Å². The van der Waals surface area contributed by atoms with E-state index in [4.69, 9.17) is 11.6 Å². The summed E-state index contributed by atoms with van der Waals surface area (Å²) in [5.74, 6) is 1.57. The lowest BCUT2D eigenvalue weighted by molar-refractivity contribution is -0.137. The normalized spacial score (nSPS) is 22.9. The second kappa shape index (κ2) is 6.82. The summed E-state index contributed by atoms with van der Waals surface area (Å²) in [7, 11) is 0. The summed E-state index contributed by atoms with van der Waals surface area (Å²) in [6.07, 6.45) is 0.110. The van der Waals surface area contributed by atoms with Gasteiger partial charge in [0.05, 0.1) is 16.6 Å². The highest BCUT2D eigenvalue weighted by molar-refractivity contribution is 6.33. The van der Waals surface area contributed by atoms with Crippen molar-refractivity contribution in [3.05, 3.63) is 40.8 Å². The number of aromatic nitrogens is 3. The van der Waals surface area contributed by atoms with Crippen LogP contribution in [0.15, 0.2) is 24.5 Å². The molecule has 2 fully saturated rings. The van der Waals surface area contributed by atoms with Crippen molar-refractivity contribution in [3.63, 3.8) is 0 Å². The van der Waals surface area contributed by atoms with Gasteiger partial charge in [0.2, 0.25) is 5.95 Å². The van der Waals surface area contributed by atoms with E-state index < -0.39 is 11.7 Å². The molecule has 2 aliphatic rings. The second-order valence-electron chi connectivity index (χ2n) is 7.07. The van der Waals surface area contributed by atoms with Gasteiger partial charge in [-0.1, -0.05) is 11.6 Å². The third-order valence-electron chi connectivity index (χ3n) is 5.35. The summed E-state index contributed by atoms with van der Waals surface area (Å²) >= 11 is 6.18. The Morgan fingerprint density at radius 1 is 1.19 bits per heavy atom. The van der Waals surface area contributed by atoms with Crippen LogP contribution in [0.4, 0.5) is 24.9 Å². The van der Waals surface area contributed by atoms with Crippen molar-refractivity contribution in [1.82, 2.24) is 15.0 Å². The summed E-state index contributed by atoms with van der Waals surface area (Å²) in [4.78, 5) is 17.1. The molecule has 0 bridgehead atoms. The SMILES string of the molecule is Cc1ccnc(N2CCC3CCN(c4ncc(C(F)(F)F)cc4Cl)C3C2)n1. The molecule has 4 heterocycles. The zero-order valence-electron chi connectivity index (χ0n) is 14.7. The minimum Gasteiger partial charge on any atom is -0.350 e. The van der Waals surface area contributed by atoms with Crippen LogP contribution in [0.25, 0.3) is 0 Å². The summed E-state index contributed by atoms with van der Waals surface area (Å²) in [5.41, 5.74) is 0.0725. The zero-order valence-corrected chi connectivity index (χ0v) is 15.5. The van der Waals surface area contributed by atoms with Crippen LogP contribution in [0.2, 0.25) is 5.02 Å². The third-order valence-corrected chi connectivity index (χ3v) is 5.63. The number of anilines is 2. The summed E-state index contributed by atoms with van der Waals surface area (Å²) in [5, 5.41) is 0.0365. The van der Waals surface area contributed by atoms with E-state index in [0.717, 1.165) is 43.9 Å². The van der Waals surface area contributed by atoms with E-state index >= 15 is 0 Å². The van der Waals surface area contributed by atoms with Crippen LogP contribution in [-0.4, -0.2) is 40.6 Å². The van der Waals surface area contributed by atoms with Crippen LogP contribution in [-0.2, 0) is 6.18 Å². The Morgan fingerprint density at radius 2 is 1.96 bits per heavy atom. The van der Waals surface area contributed by atoms with E-state index in [1.54, 1.807) is 6.20 Å². The number of alkyl halides is 3. The van der Waals surface area contributed by atoms with E-state index in [9.17, 15) is 13.2 Å². The van der Waals surface area contributed by atoms with Gasteiger partial charge in [-0.3, -0.25) is 0 Å². The van der Waals surface area contributed by atoms with Crippen molar-refractivity contribution in [2.24, 2.45) is 5.92 Å². The number of rotatable bonds is 2. The Bertz CT molecular complexity index is 844. The maximum atomic E-state index is 12.9. The molecule has 0 aromatic carbocycles. The van der Waals surface area contributed by atoms with E-state index in [2.05, 4.69) is 19.9 Å². The van der Waals surface area contributed by atoms with Crippen molar-refractivity contribution >= 4 is 23.4 Å². The van der Waals surface area contributed by atoms with Gasteiger partial charge < -0.3 is 9.80 Å². The van der Waals surface area contributed by atoms with Gasteiger partial charge in [-0.25, -0.2) is 15.0 Å². The largest absolute Gasteiger partial charge is 0.417 e. The molecular formula is C18H19ClF3N5. The Kier molecular flexibility index (Phi) is 4.61. The summed E-state index contributed by atoms with van der Waals surface area (Å²) in [6.45, 7) is 4.22.